The Hall–Kier alpha value is -2.78. The fourth-order valence-corrected chi connectivity index (χ4v) is 4.47. The molecule has 0 unspecified atom stereocenters. The van der Waals surface area contributed by atoms with E-state index >= 15 is 0 Å². The lowest BCUT2D eigenvalue weighted by Crippen LogP contribution is -2.13. The van der Waals surface area contributed by atoms with Crippen LogP contribution in [0.15, 0.2) is 59.8 Å². The van der Waals surface area contributed by atoms with Crippen molar-refractivity contribution in [1.29, 1.82) is 0 Å². The number of aromatic nitrogens is 4. The highest BCUT2D eigenvalue weighted by atomic mass is 32.2. The first-order chi connectivity index (χ1) is 12.5. The van der Waals surface area contributed by atoms with E-state index in [9.17, 15) is 8.42 Å². The van der Waals surface area contributed by atoms with Crippen molar-refractivity contribution in [2.45, 2.75) is 18.4 Å². The van der Waals surface area contributed by atoms with E-state index in [1.54, 1.807) is 23.0 Å². The Balaban J connectivity index is 1.59. The topological polar surface area (TPSA) is 89.8 Å². The fraction of sp³-hybridized carbons (Fsp3) is 0.118. The van der Waals surface area contributed by atoms with Gasteiger partial charge in [0.15, 0.2) is 0 Å². The van der Waals surface area contributed by atoms with Crippen LogP contribution in [0.1, 0.15) is 11.1 Å². The number of benzene rings is 2. The monoisotopic (exact) mass is 385 g/mol. The molecule has 2 aromatic carbocycles. The maximum Gasteiger partial charge on any atom is 0.264 e. The van der Waals surface area contributed by atoms with Crippen molar-refractivity contribution in [2.24, 2.45) is 0 Å². The van der Waals surface area contributed by atoms with Crippen LogP contribution in [0.25, 0.3) is 11.0 Å². The average Bonchev–Trinajstić information content (AvgIpc) is 3.25. The zero-order valence-electron chi connectivity index (χ0n) is 13.8. The molecule has 4 aromatic rings. The lowest BCUT2D eigenvalue weighted by Gasteiger charge is -2.07. The molecule has 9 heteroatoms. The van der Waals surface area contributed by atoms with Crippen molar-refractivity contribution in [2.75, 3.05) is 4.72 Å². The van der Waals surface area contributed by atoms with Crippen LogP contribution in [0.3, 0.4) is 0 Å². The Morgan fingerprint density at radius 3 is 2.81 bits per heavy atom. The van der Waals surface area contributed by atoms with Gasteiger partial charge in [0.05, 0.1) is 30.2 Å². The van der Waals surface area contributed by atoms with Gasteiger partial charge in [0, 0.05) is 6.20 Å². The van der Waals surface area contributed by atoms with Crippen molar-refractivity contribution >= 4 is 38.5 Å². The molecule has 0 atom stereocenters. The molecule has 0 aliphatic heterocycles. The second-order valence-electron chi connectivity index (χ2n) is 5.85. The van der Waals surface area contributed by atoms with Gasteiger partial charge in [-0.1, -0.05) is 30.3 Å². The van der Waals surface area contributed by atoms with Crippen molar-refractivity contribution in [3.8, 4) is 0 Å². The van der Waals surface area contributed by atoms with Gasteiger partial charge in [-0.15, -0.1) is 0 Å². The largest absolute Gasteiger partial charge is 0.276 e. The minimum absolute atomic E-state index is 0.107. The maximum absolute atomic E-state index is 12.7. The zero-order valence-corrected chi connectivity index (χ0v) is 15.5. The molecule has 0 saturated carbocycles. The first-order valence-corrected chi connectivity index (χ1v) is 10.1. The minimum Gasteiger partial charge on any atom is -0.276 e. The van der Waals surface area contributed by atoms with Crippen LogP contribution in [0.2, 0.25) is 0 Å². The number of hydrogen-bond acceptors (Lipinski definition) is 6. The van der Waals surface area contributed by atoms with E-state index in [0.717, 1.165) is 22.9 Å². The molecule has 0 fully saturated rings. The number of nitrogens with zero attached hydrogens (tertiary/aromatic N) is 4. The predicted molar refractivity (Wildman–Crippen MR) is 101 cm³/mol. The van der Waals surface area contributed by atoms with Gasteiger partial charge in [0.1, 0.15) is 15.9 Å². The number of hydrogen-bond donors (Lipinski definition) is 1. The summed E-state index contributed by atoms with van der Waals surface area (Å²) in [6, 6.07) is 12.9. The van der Waals surface area contributed by atoms with E-state index in [2.05, 4.69) is 18.6 Å². The molecule has 2 aromatic heterocycles. The third-order valence-corrected chi connectivity index (χ3v) is 5.97. The average molecular weight is 385 g/mol. The van der Waals surface area contributed by atoms with Gasteiger partial charge >= 0.3 is 0 Å². The van der Waals surface area contributed by atoms with E-state index in [1.165, 1.54) is 12.3 Å². The minimum atomic E-state index is -3.78. The van der Waals surface area contributed by atoms with Crippen LogP contribution < -0.4 is 4.72 Å². The zero-order chi connectivity index (χ0) is 18.1. The number of aryl methyl sites for hydroxylation is 1. The van der Waals surface area contributed by atoms with Gasteiger partial charge in [-0.25, -0.2) is 8.42 Å². The normalized spacial score (nSPS) is 11.7. The third kappa shape index (κ3) is 3.18. The summed E-state index contributed by atoms with van der Waals surface area (Å²) >= 11 is 0.987. The van der Waals surface area contributed by atoms with E-state index in [1.807, 2.05) is 31.2 Å². The van der Waals surface area contributed by atoms with Gasteiger partial charge in [-0.05, 0) is 30.2 Å². The molecule has 132 valence electrons. The van der Waals surface area contributed by atoms with Crippen LogP contribution in [0, 0.1) is 6.92 Å². The first kappa shape index (κ1) is 16.7. The number of nitrogens with one attached hydrogen (secondary N) is 1. The third-order valence-electron chi connectivity index (χ3n) is 4.02. The Morgan fingerprint density at radius 1 is 1.12 bits per heavy atom. The standard InChI is InChI=1S/C17H15N5O2S2/c1-12-5-2-3-6-13(12)10-22-11-14(9-18-22)21-26(23,24)16-8-4-7-15-17(16)20-25-19-15/h2-9,11,21H,10H2,1H3. The first-order valence-electron chi connectivity index (χ1n) is 7.84. The highest BCUT2D eigenvalue weighted by molar-refractivity contribution is 7.93. The molecule has 0 spiro atoms. The predicted octanol–water partition coefficient (Wildman–Crippen LogP) is 3.05. The highest BCUT2D eigenvalue weighted by Gasteiger charge is 2.20. The Labute approximate surface area is 154 Å². The van der Waals surface area contributed by atoms with Crippen molar-refractivity contribution in [3.05, 3.63) is 66.0 Å². The smallest absolute Gasteiger partial charge is 0.264 e. The Bertz CT molecular complexity index is 1180. The molecule has 7 nitrogen and oxygen atoms in total. The number of rotatable bonds is 5. The van der Waals surface area contributed by atoms with Crippen molar-refractivity contribution in [3.63, 3.8) is 0 Å². The molecule has 0 saturated heterocycles. The summed E-state index contributed by atoms with van der Waals surface area (Å²) in [5.74, 6) is 0. The lowest BCUT2D eigenvalue weighted by atomic mass is 10.1. The summed E-state index contributed by atoms with van der Waals surface area (Å²) in [5.41, 5.74) is 3.63. The molecule has 0 bridgehead atoms. The van der Waals surface area contributed by atoms with E-state index in [4.69, 9.17) is 0 Å². The second kappa shape index (κ2) is 6.50. The van der Waals surface area contributed by atoms with Gasteiger partial charge in [0.25, 0.3) is 10.0 Å². The maximum atomic E-state index is 12.7. The van der Waals surface area contributed by atoms with E-state index in [-0.39, 0.29) is 4.90 Å². The van der Waals surface area contributed by atoms with Gasteiger partial charge in [-0.2, -0.15) is 13.8 Å². The Morgan fingerprint density at radius 2 is 1.96 bits per heavy atom. The summed E-state index contributed by atoms with van der Waals surface area (Å²) in [6.07, 6.45) is 3.17. The van der Waals surface area contributed by atoms with Gasteiger partial charge in [0.2, 0.25) is 0 Å². The summed E-state index contributed by atoms with van der Waals surface area (Å²) in [6.45, 7) is 2.60. The Kier molecular flexibility index (Phi) is 4.17. The van der Waals surface area contributed by atoms with Gasteiger partial charge in [-0.3, -0.25) is 9.40 Å². The molecule has 0 aliphatic carbocycles. The van der Waals surface area contributed by atoms with Crippen LogP contribution >= 0.6 is 11.7 Å². The second-order valence-corrected chi connectivity index (χ2v) is 8.03. The van der Waals surface area contributed by atoms with Gasteiger partial charge < -0.3 is 0 Å². The lowest BCUT2D eigenvalue weighted by molar-refractivity contribution is 0.602. The van der Waals surface area contributed by atoms with Crippen LogP contribution in [0.5, 0.6) is 0 Å². The number of sulfonamides is 1. The quantitative estimate of drug-likeness (QED) is 0.570. The summed E-state index contributed by atoms with van der Waals surface area (Å²) in [7, 11) is -3.78. The van der Waals surface area contributed by atoms with Crippen LogP contribution in [-0.4, -0.2) is 26.9 Å². The molecular formula is C17H15N5O2S2. The molecular weight excluding hydrogens is 370 g/mol. The number of anilines is 1. The number of fused-ring (bicyclic) bond motifs is 1. The van der Waals surface area contributed by atoms with Crippen LogP contribution in [-0.2, 0) is 16.6 Å². The molecule has 0 amide bonds. The fourth-order valence-electron chi connectivity index (χ4n) is 2.67. The van der Waals surface area contributed by atoms with E-state index < -0.39 is 10.0 Å². The molecule has 0 aliphatic rings. The molecule has 26 heavy (non-hydrogen) atoms. The summed E-state index contributed by atoms with van der Waals surface area (Å²) in [4.78, 5) is 0.107. The highest BCUT2D eigenvalue weighted by Crippen LogP contribution is 2.23. The summed E-state index contributed by atoms with van der Waals surface area (Å²) < 4.78 is 37.9. The molecule has 2 heterocycles. The van der Waals surface area contributed by atoms with E-state index in [0.29, 0.717) is 23.3 Å². The molecule has 1 N–H and O–H groups in total. The molecule has 0 radical (unpaired) electrons. The van der Waals surface area contributed by atoms with Crippen LogP contribution in [0.4, 0.5) is 5.69 Å². The van der Waals surface area contributed by atoms with Crippen molar-refractivity contribution in [1.82, 2.24) is 18.5 Å². The summed E-state index contributed by atoms with van der Waals surface area (Å²) in [5, 5.41) is 4.25. The molecule has 4 rings (SSSR count). The van der Waals surface area contributed by atoms with Crippen molar-refractivity contribution < 1.29 is 8.42 Å². The SMILES string of the molecule is Cc1ccccc1Cn1cc(NS(=O)(=O)c2cccc3nsnc23)cn1.